The van der Waals surface area contributed by atoms with Crippen LogP contribution in [-0.4, -0.2) is 33.8 Å². The van der Waals surface area contributed by atoms with Gasteiger partial charge in [-0.3, -0.25) is 4.99 Å². The van der Waals surface area contributed by atoms with E-state index in [0.29, 0.717) is 29.9 Å². The molecule has 6 nitrogen and oxygen atoms in total. The Bertz CT molecular complexity index is 820. The molecule has 2 aromatic rings. The molecule has 0 aliphatic heterocycles. The van der Waals surface area contributed by atoms with Gasteiger partial charge >= 0.3 is 0 Å². The van der Waals surface area contributed by atoms with Gasteiger partial charge in [-0.2, -0.15) is 0 Å². The lowest BCUT2D eigenvalue weighted by Crippen LogP contribution is -2.24. The Labute approximate surface area is 160 Å². The predicted molar refractivity (Wildman–Crippen MR) is 108 cm³/mol. The number of aryl methyl sites for hydroxylation is 1. The molecule has 0 heterocycles. The van der Waals surface area contributed by atoms with E-state index in [0.717, 1.165) is 30.7 Å². The third-order valence-electron chi connectivity index (χ3n) is 4.93. The standard InChI is InChI=1S/C21H27N3O3/c1-25-17-8-9-18-14(11-17)5-4-6-15(18)13-23-21(22)24-16-7-10-19(26-2)20(12-16)27-3/h7-12,15H,4-6,13H2,1-3H3,(H3,22,23,24). The third kappa shape index (κ3) is 4.45. The molecule has 1 aliphatic rings. The smallest absolute Gasteiger partial charge is 0.193 e. The quantitative estimate of drug-likeness (QED) is 0.601. The Morgan fingerprint density at radius 1 is 1.07 bits per heavy atom. The van der Waals surface area contributed by atoms with Crippen molar-refractivity contribution in [1.29, 1.82) is 0 Å². The summed E-state index contributed by atoms with van der Waals surface area (Å²) in [6, 6.07) is 11.9. The lowest BCUT2D eigenvalue weighted by atomic mass is 9.83. The maximum absolute atomic E-state index is 6.10. The van der Waals surface area contributed by atoms with Gasteiger partial charge in [-0.05, 0) is 54.7 Å². The number of hydrogen-bond acceptors (Lipinski definition) is 4. The second kappa shape index (κ2) is 8.66. The Hall–Kier alpha value is -2.89. The summed E-state index contributed by atoms with van der Waals surface area (Å²) in [5, 5.41) is 3.12. The largest absolute Gasteiger partial charge is 0.497 e. The van der Waals surface area contributed by atoms with E-state index in [9.17, 15) is 0 Å². The summed E-state index contributed by atoms with van der Waals surface area (Å²) >= 11 is 0. The van der Waals surface area contributed by atoms with Crippen LogP contribution in [0.25, 0.3) is 0 Å². The average Bonchev–Trinajstić information content (AvgIpc) is 2.71. The maximum Gasteiger partial charge on any atom is 0.193 e. The van der Waals surface area contributed by atoms with Crippen LogP contribution in [0, 0.1) is 0 Å². The number of guanidine groups is 1. The number of hydrogen-bond donors (Lipinski definition) is 2. The molecular weight excluding hydrogens is 342 g/mol. The molecule has 3 rings (SSSR count). The van der Waals surface area contributed by atoms with Crippen LogP contribution in [0.5, 0.6) is 17.2 Å². The molecule has 1 aliphatic carbocycles. The van der Waals surface area contributed by atoms with E-state index in [1.807, 2.05) is 24.3 Å². The molecule has 0 saturated heterocycles. The minimum absolute atomic E-state index is 0.380. The first-order valence-electron chi connectivity index (χ1n) is 9.10. The van der Waals surface area contributed by atoms with Crippen LogP contribution >= 0.6 is 0 Å². The third-order valence-corrected chi connectivity index (χ3v) is 4.93. The van der Waals surface area contributed by atoms with Crippen LogP contribution in [0.1, 0.15) is 29.9 Å². The van der Waals surface area contributed by atoms with Crippen molar-refractivity contribution in [2.45, 2.75) is 25.2 Å². The lowest BCUT2D eigenvalue weighted by molar-refractivity contribution is 0.355. The molecule has 27 heavy (non-hydrogen) atoms. The monoisotopic (exact) mass is 369 g/mol. The van der Waals surface area contributed by atoms with Crippen molar-refractivity contribution >= 4 is 11.6 Å². The summed E-state index contributed by atoms with van der Waals surface area (Å²) in [6.07, 6.45) is 3.36. The molecular formula is C21H27N3O3. The van der Waals surface area contributed by atoms with E-state index in [2.05, 4.69) is 22.4 Å². The fraction of sp³-hybridized carbons (Fsp3) is 0.381. The van der Waals surface area contributed by atoms with Crippen molar-refractivity contribution in [3.63, 3.8) is 0 Å². The molecule has 144 valence electrons. The first kappa shape index (κ1) is 18.9. The Balaban J connectivity index is 1.68. The molecule has 0 amide bonds. The van der Waals surface area contributed by atoms with Crippen molar-refractivity contribution in [2.24, 2.45) is 10.7 Å². The van der Waals surface area contributed by atoms with Gasteiger partial charge in [0.2, 0.25) is 0 Å². The topological polar surface area (TPSA) is 78.1 Å². The van der Waals surface area contributed by atoms with E-state index in [1.54, 1.807) is 21.3 Å². The molecule has 0 spiro atoms. The highest BCUT2D eigenvalue weighted by atomic mass is 16.5. The van der Waals surface area contributed by atoms with Crippen LogP contribution in [0.2, 0.25) is 0 Å². The normalized spacial score (nSPS) is 16.4. The zero-order chi connectivity index (χ0) is 19.2. The number of fused-ring (bicyclic) bond motifs is 1. The molecule has 0 radical (unpaired) electrons. The molecule has 1 unspecified atom stereocenters. The van der Waals surface area contributed by atoms with Crippen molar-refractivity contribution < 1.29 is 14.2 Å². The predicted octanol–water partition coefficient (Wildman–Crippen LogP) is 3.56. The van der Waals surface area contributed by atoms with Gasteiger partial charge in [0, 0.05) is 24.2 Å². The van der Waals surface area contributed by atoms with Gasteiger partial charge in [0.1, 0.15) is 5.75 Å². The minimum Gasteiger partial charge on any atom is -0.497 e. The molecule has 3 N–H and O–H groups in total. The SMILES string of the molecule is COc1ccc2c(c1)CCCC2CN=C(N)Nc1ccc(OC)c(OC)c1. The van der Waals surface area contributed by atoms with Crippen molar-refractivity contribution in [3.8, 4) is 17.2 Å². The van der Waals surface area contributed by atoms with Crippen molar-refractivity contribution in [2.75, 3.05) is 33.2 Å². The molecule has 6 heteroatoms. The number of anilines is 1. The number of nitrogens with two attached hydrogens (primary N) is 1. The van der Waals surface area contributed by atoms with E-state index < -0.39 is 0 Å². The maximum atomic E-state index is 6.10. The van der Waals surface area contributed by atoms with Crippen molar-refractivity contribution in [3.05, 3.63) is 47.5 Å². The average molecular weight is 369 g/mol. The minimum atomic E-state index is 0.380. The Kier molecular flexibility index (Phi) is 6.06. The Morgan fingerprint density at radius 3 is 2.63 bits per heavy atom. The number of benzene rings is 2. The van der Waals surface area contributed by atoms with Gasteiger partial charge in [0.25, 0.3) is 0 Å². The second-order valence-electron chi connectivity index (χ2n) is 6.57. The molecule has 1 atom stereocenters. The fourth-order valence-electron chi connectivity index (χ4n) is 3.52. The summed E-state index contributed by atoms with van der Waals surface area (Å²) < 4.78 is 15.9. The van der Waals surface area contributed by atoms with Gasteiger partial charge in [-0.1, -0.05) is 6.07 Å². The molecule has 0 fully saturated rings. The summed E-state index contributed by atoms with van der Waals surface area (Å²) in [7, 11) is 4.92. The number of rotatable bonds is 6. The second-order valence-corrected chi connectivity index (χ2v) is 6.57. The lowest BCUT2D eigenvalue weighted by Gasteiger charge is -2.24. The highest BCUT2D eigenvalue weighted by Crippen LogP contribution is 2.34. The zero-order valence-electron chi connectivity index (χ0n) is 16.1. The number of nitrogens with zero attached hydrogens (tertiary/aromatic N) is 1. The van der Waals surface area contributed by atoms with E-state index in [4.69, 9.17) is 19.9 Å². The van der Waals surface area contributed by atoms with Gasteiger partial charge in [-0.25, -0.2) is 0 Å². The van der Waals surface area contributed by atoms with Crippen molar-refractivity contribution in [1.82, 2.24) is 0 Å². The van der Waals surface area contributed by atoms with Gasteiger partial charge in [0.15, 0.2) is 17.5 Å². The highest BCUT2D eigenvalue weighted by Gasteiger charge is 2.20. The molecule has 0 saturated carbocycles. The number of ether oxygens (including phenoxy) is 3. The van der Waals surface area contributed by atoms with Gasteiger partial charge in [-0.15, -0.1) is 0 Å². The van der Waals surface area contributed by atoms with Gasteiger partial charge < -0.3 is 25.3 Å². The zero-order valence-corrected chi connectivity index (χ0v) is 16.1. The summed E-state index contributed by atoms with van der Waals surface area (Å²) in [4.78, 5) is 4.56. The Morgan fingerprint density at radius 2 is 1.89 bits per heavy atom. The fourth-order valence-corrected chi connectivity index (χ4v) is 3.52. The van der Waals surface area contributed by atoms with Crippen LogP contribution < -0.4 is 25.3 Å². The van der Waals surface area contributed by atoms with E-state index >= 15 is 0 Å². The molecule has 0 aromatic heterocycles. The molecule has 0 bridgehead atoms. The first-order chi connectivity index (χ1) is 13.1. The van der Waals surface area contributed by atoms with Crippen LogP contribution in [0.3, 0.4) is 0 Å². The van der Waals surface area contributed by atoms with Crippen LogP contribution in [0.15, 0.2) is 41.4 Å². The highest BCUT2D eigenvalue weighted by molar-refractivity contribution is 5.92. The van der Waals surface area contributed by atoms with Gasteiger partial charge in [0.05, 0.1) is 21.3 Å². The van der Waals surface area contributed by atoms with Crippen LogP contribution in [-0.2, 0) is 6.42 Å². The number of aliphatic imine (C=N–C) groups is 1. The molecule has 2 aromatic carbocycles. The number of nitrogens with one attached hydrogen (secondary N) is 1. The first-order valence-corrected chi connectivity index (χ1v) is 9.10. The van der Waals surface area contributed by atoms with Crippen LogP contribution in [0.4, 0.5) is 5.69 Å². The van der Waals surface area contributed by atoms with E-state index in [1.165, 1.54) is 11.1 Å². The van der Waals surface area contributed by atoms with E-state index in [-0.39, 0.29) is 0 Å². The summed E-state index contributed by atoms with van der Waals surface area (Å²) in [5.41, 5.74) is 9.61. The summed E-state index contributed by atoms with van der Waals surface area (Å²) in [6.45, 7) is 0.658. The number of methoxy groups -OCH3 is 3. The summed E-state index contributed by atoms with van der Waals surface area (Å²) in [5.74, 6) is 3.00.